The molecule has 18 nitrogen and oxygen atoms in total. The predicted octanol–water partition coefficient (Wildman–Crippen LogP) is -3.27. The van der Waals surface area contributed by atoms with E-state index in [-0.39, 0.29) is 6.42 Å². The molecule has 0 aromatic heterocycles. The molecule has 11 N–H and O–H groups in total. The van der Waals surface area contributed by atoms with Crippen molar-refractivity contribution in [2.24, 2.45) is 11.7 Å². The number of hydrogen-bond acceptors (Lipinski definition) is 10. The number of carboxylic acid groups (broad SMARTS) is 2. The average molecular weight is 680 g/mol. The summed E-state index contributed by atoms with van der Waals surface area (Å²) in [5.41, 5.74) is 6.24. The second-order valence-electron chi connectivity index (χ2n) is 11.2. The molecule has 0 radical (unpaired) electrons. The van der Waals surface area contributed by atoms with Gasteiger partial charge in [0, 0.05) is 6.42 Å². The first kappa shape index (κ1) is 40.9. The molecule has 1 rings (SSSR count). The maximum Gasteiger partial charge on any atom is 0.322 e. The Morgan fingerprint density at radius 2 is 1.29 bits per heavy atom. The lowest BCUT2D eigenvalue weighted by Crippen LogP contribution is -2.61. The normalized spacial score (nSPS) is 15.1. The summed E-state index contributed by atoms with van der Waals surface area (Å²) in [6.45, 7) is 4.72. The first-order valence-electron chi connectivity index (χ1n) is 15.1. The highest BCUT2D eigenvalue weighted by atomic mass is 16.4. The zero-order chi connectivity index (χ0) is 36.6. The van der Waals surface area contributed by atoms with Gasteiger partial charge in [-0.3, -0.25) is 38.4 Å². The van der Waals surface area contributed by atoms with Gasteiger partial charge in [-0.15, -0.1) is 0 Å². The van der Waals surface area contributed by atoms with Crippen molar-refractivity contribution in [1.29, 1.82) is 0 Å². The van der Waals surface area contributed by atoms with Crippen molar-refractivity contribution < 1.29 is 53.7 Å². The van der Waals surface area contributed by atoms with Gasteiger partial charge in [0.15, 0.2) is 0 Å². The van der Waals surface area contributed by atoms with Crippen molar-refractivity contribution in [3.8, 4) is 0 Å². The van der Waals surface area contributed by atoms with Gasteiger partial charge in [0.1, 0.15) is 36.8 Å². The maximum absolute atomic E-state index is 13.6. The summed E-state index contributed by atoms with van der Waals surface area (Å²) in [4.78, 5) is 98.9. The number of aliphatic carboxylic acids is 2. The highest BCUT2D eigenvalue weighted by Gasteiger charge is 2.34. The molecule has 1 aromatic carbocycles. The summed E-state index contributed by atoms with van der Waals surface area (Å²) in [7, 11) is 0. The third-order valence-electron chi connectivity index (χ3n) is 7.16. The fourth-order valence-electron chi connectivity index (χ4n) is 4.08. The third-order valence-corrected chi connectivity index (χ3v) is 7.16. The second-order valence-corrected chi connectivity index (χ2v) is 11.2. The van der Waals surface area contributed by atoms with E-state index in [0.717, 1.165) is 0 Å². The van der Waals surface area contributed by atoms with Crippen molar-refractivity contribution in [3.05, 3.63) is 35.9 Å². The SMILES string of the molecule is CCC(C)C(NC(=O)C(CC(=O)O)NC(=O)C(N)C(C)O)C(=O)NC(Cc1ccccc1)C(=O)NC(C)C(=O)NCC(=O)NCC(=O)O. The number of carboxylic acids is 2. The number of carbonyl (C=O) groups is 8. The van der Waals surface area contributed by atoms with Crippen LogP contribution in [0.5, 0.6) is 0 Å². The number of hydrogen-bond donors (Lipinski definition) is 10. The van der Waals surface area contributed by atoms with E-state index in [2.05, 4.69) is 31.9 Å². The van der Waals surface area contributed by atoms with Gasteiger partial charge >= 0.3 is 11.9 Å². The van der Waals surface area contributed by atoms with Crippen molar-refractivity contribution >= 4 is 47.4 Å². The Bertz CT molecular complexity index is 1310. The Hall–Kier alpha value is -5.10. The van der Waals surface area contributed by atoms with Crippen LogP contribution in [-0.2, 0) is 44.8 Å². The quantitative estimate of drug-likeness (QED) is 0.0650. The van der Waals surface area contributed by atoms with Crippen molar-refractivity contribution in [2.75, 3.05) is 13.1 Å². The van der Waals surface area contributed by atoms with Gasteiger partial charge in [0.25, 0.3) is 0 Å². The van der Waals surface area contributed by atoms with E-state index in [1.165, 1.54) is 13.8 Å². The lowest BCUT2D eigenvalue weighted by Gasteiger charge is -2.29. The topological polar surface area (TPSA) is 295 Å². The van der Waals surface area contributed by atoms with E-state index in [1.54, 1.807) is 44.2 Å². The molecule has 1 aromatic rings. The summed E-state index contributed by atoms with van der Waals surface area (Å²) in [6.07, 6.45) is -1.85. The molecule has 0 spiro atoms. The average Bonchev–Trinajstić information content (AvgIpc) is 3.03. The minimum Gasteiger partial charge on any atom is -0.481 e. The van der Waals surface area contributed by atoms with E-state index in [0.29, 0.717) is 12.0 Å². The zero-order valence-electron chi connectivity index (χ0n) is 27.1. The molecule has 0 aliphatic heterocycles. The molecule has 266 valence electrons. The molecular weight excluding hydrogens is 634 g/mol. The van der Waals surface area contributed by atoms with Crippen molar-refractivity contribution in [2.45, 2.75) is 83.3 Å². The minimum atomic E-state index is -1.66. The Balaban J connectivity index is 3.16. The highest BCUT2D eigenvalue weighted by molar-refractivity contribution is 5.97. The number of aliphatic hydroxyl groups is 1. The van der Waals surface area contributed by atoms with Gasteiger partial charge in [-0.1, -0.05) is 50.6 Å². The fourth-order valence-corrected chi connectivity index (χ4v) is 4.08. The van der Waals surface area contributed by atoms with E-state index in [4.69, 9.17) is 10.8 Å². The predicted molar refractivity (Wildman–Crippen MR) is 169 cm³/mol. The van der Waals surface area contributed by atoms with E-state index >= 15 is 0 Å². The summed E-state index contributed by atoms with van der Waals surface area (Å²) < 4.78 is 0. The van der Waals surface area contributed by atoms with Gasteiger partial charge in [-0.05, 0) is 25.3 Å². The van der Waals surface area contributed by atoms with Crippen LogP contribution in [0.1, 0.15) is 46.1 Å². The lowest BCUT2D eigenvalue weighted by molar-refractivity contribution is -0.141. The Kier molecular flexibility index (Phi) is 17.2. The van der Waals surface area contributed by atoms with Crippen LogP contribution >= 0.6 is 0 Å². The molecule has 0 saturated heterocycles. The number of amides is 6. The summed E-state index contributed by atoms with van der Waals surface area (Å²) in [6, 6.07) is 1.65. The largest absolute Gasteiger partial charge is 0.481 e. The molecule has 0 aliphatic carbocycles. The van der Waals surface area contributed by atoms with Crippen LogP contribution in [0.25, 0.3) is 0 Å². The number of nitrogens with one attached hydrogen (secondary N) is 6. The maximum atomic E-state index is 13.6. The van der Waals surface area contributed by atoms with Crippen molar-refractivity contribution in [3.63, 3.8) is 0 Å². The number of nitrogens with two attached hydrogens (primary N) is 1. The molecule has 18 heteroatoms. The molecule has 0 heterocycles. The van der Waals surface area contributed by atoms with Gasteiger partial charge in [-0.2, -0.15) is 0 Å². The minimum absolute atomic E-state index is 0.0412. The summed E-state index contributed by atoms with van der Waals surface area (Å²) >= 11 is 0. The van der Waals surface area contributed by atoms with Crippen LogP contribution in [-0.4, -0.2) is 112 Å². The number of aliphatic hydroxyl groups excluding tert-OH is 1. The summed E-state index contributed by atoms with van der Waals surface area (Å²) in [5, 5.41) is 41.6. The number of rotatable bonds is 20. The molecule has 48 heavy (non-hydrogen) atoms. The second kappa shape index (κ2) is 20.2. The lowest BCUT2D eigenvalue weighted by atomic mass is 9.96. The molecule has 0 saturated carbocycles. The Morgan fingerprint density at radius 1 is 0.708 bits per heavy atom. The molecule has 0 aliphatic rings. The first-order chi connectivity index (χ1) is 22.5. The van der Waals surface area contributed by atoms with E-state index in [1.807, 2.05) is 0 Å². The molecule has 6 amide bonds. The van der Waals surface area contributed by atoms with Crippen LogP contribution in [0.15, 0.2) is 30.3 Å². The van der Waals surface area contributed by atoms with Crippen LogP contribution < -0.4 is 37.6 Å². The third kappa shape index (κ3) is 14.5. The van der Waals surface area contributed by atoms with Crippen LogP contribution in [0, 0.1) is 5.92 Å². The highest BCUT2D eigenvalue weighted by Crippen LogP contribution is 2.11. The smallest absolute Gasteiger partial charge is 0.322 e. The van der Waals surface area contributed by atoms with Gasteiger partial charge < -0.3 is 53.0 Å². The van der Waals surface area contributed by atoms with Crippen LogP contribution in [0.4, 0.5) is 0 Å². The molecule has 0 bridgehead atoms. The standard InChI is InChI=1S/C30H45N7O11/c1-5-15(2)25(37-28(46)20(12-22(40)41)35-29(47)24(31)17(4)38)30(48)36-19(11-18-9-7-6-8-10-18)27(45)34-16(3)26(44)33-13-21(39)32-14-23(42)43/h6-10,15-17,19-20,24-25,38H,5,11-14,31H2,1-4H3,(H,32,39)(H,33,44)(H,34,45)(H,35,47)(H,36,48)(H,37,46)(H,40,41)(H,42,43). The van der Waals surface area contributed by atoms with Gasteiger partial charge in [0.05, 0.1) is 19.1 Å². The number of benzene rings is 1. The zero-order valence-corrected chi connectivity index (χ0v) is 27.1. The molecule has 0 fully saturated rings. The first-order valence-corrected chi connectivity index (χ1v) is 15.1. The molecular formula is C30H45N7O11. The fraction of sp³-hybridized carbons (Fsp3) is 0.533. The van der Waals surface area contributed by atoms with Crippen molar-refractivity contribution in [1.82, 2.24) is 31.9 Å². The van der Waals surface area contributed by atoms with Gasteiger partial charge in [0.2, 0.25) is 35.4 Å². The number of carbonyl (C=O) groups excluding carboxylic acids is 6. The molecule has 7 unspecified atom stereocenters. The van der Waals surface area contributed by atoms with Crippen LogP contribution in [0.2, 0.25) is 0 Å². The van der Waals surface area contributed by atoms with E-state index in [9.17, 15) is 48.6 Å². The monoisotopic (exact) mass is 679 g/mol. The molecule has 7 atom stereocenters. The van der Waals surface area contributed by atoms with Crippen LogP contribution in [0.3, 0.4) is 0 Å². The van der Waals surface area contributed by atoms with E-state index < -0.39 is 109 Å². The Labute approximate surface area is 277 Å². The summed E-state index contributed by atoms with van der Waals surface area (Å²) in [5.74, 6) is -8.43. The van der Waals surface area contributed by atoms with Gasteiger partial charge in [-0.25, -0.2) is 0 Å². The Morgan fingerprint density at radius 3 is 1.83 bits per heavy atom.